The van der Waals surface area contributed by atoms with Crippen molar-refractivity contribution >= 4 is 17.4 Å². The Kier molecular flexibility index (Phi) is 7.58. The van der Waals surface area contributed by atoms with E-state index < -0.39 is 0 Å². The van der Waals surface area contributed by atoms with E-state index >= 15 is 0 Å². The van der Waals surface area contributed by atoms with Gasteiger partial charge < -0.3 is 15.0 Å². The van der Waals surface area contributed by atoms with Crippen LogP contribution < -0.4 is 10.1 Å². The summed E-state index contributed by atoms with van der Waals surface area (Å²) in [4.78, 5) is 26.9. The van der Waals surface area contributed by atoms with Gasteiger partial charge in [-0.2, -0.15) is 0 Å². The molecule has 0 saturated carbocycles. The normalized spacial score (nSPS) is 21.3. The van der Waals surface area contributed by atoms with Gasteiger partial charge in [0.15, 0.2) is 0 Å². The molecule has 7 heteroatoms. The van der Waals surface area contributed by atoms with Crippen LogP contribution in [0.25, 0.3) is 11.3 Å². The molecule has 3 aliphatic rings. The minimum atomic E-state index is 0.203. The number of hydrogen-bond donors (Lipinski definition) is 1. The van der Waals surface area contributed by atoms with E-state index in [2.05, 4.69) is 51.4 Å². The zero-order valence-electron chi connectivity index (χ0n) is 21.2. The smallest absolute Gasteiger partial charge is 0.227 e. The molecule has 0 amide bonds. The lowest BCUT2D eigenvalue weighted by Gasteiger charge is -2.31. The van der Waals surface area contributed by atoms with Crippen molar-refractivity contribution in [2.75, 3.05) is 39.1 Å². The molecule has 3 aliphatic heterocycles. The van der Waals surface area contributed by atoms with Gasteiger partial charge in [-0.05, 0) is 87.9 Å². The third-order valence-electron chi connectivity index (χ3n) is 7.27. The Hall–Kier alpha value is -3.29. The summed E-state index contributed by atoms with van der Waals surface area (Å²) < 4.78 is 5.65. The molecule has 3 aromatic rings. The Balaban J connectivity index is 1.45. The summed E-state index contributed by atoms with van der Waals surface area (Å²) in [7, 11) is 3.81. The number of carbonyl (C=O) groups is 1. The SMILES string of the molecule is COc1ccc2cc1CN(C)CCCC(=O)C1CCN(CC1)Cc1cccc(c1)Nc1nccc-2n1. The maximum absolute atomic E-state index is 12.9. The second-order valence-electron chi connectivity index (χ2n) is 9.98. The van der Waals surface area contributed by atoms with E-state index in [0.717, 1.165) is 80.2 Å². The average Bonchev–Trinajstić information content (AvgIpc) is 2.89. The van der Waals surface area contributed by atoms with Gasteiger partial charge in [0.25, 0.3) is 0 Å². The molecule has 1 fully saturated rings. The maximum atomic E-state index is 12.9. The number of aromatic nitrogens is 2. The molecule has 0 aliphatic carbocycles. The predicted molar refractivity (Wildman–Crippen MR) is 142 cm³/mol. The van der Waals surface area contributed by atoms with Gasteiger partial charge >= 0.3 is 0 Å². The molecule has 36 heavy (non-hydrogen) atoms. The number of benzene rings is 2. The Labute approximate surface area is 213 Å². The van der Waals surface area contributed by atoms with Crippen LogP contribution in [0.15, 0.2) is 54.7 Å². The fraction of sp³-hybridized carbons (Fsp3) is 0.414. The Morgan fingerprint density at radius 1 is 1.03 bits per heavy atom. The number of ketones is 1. The summed E-state index contributed by atoms with van der Waals surface area (Å²) in [5, 5.41) is 3.38. The van der Waals surface area contributed by atoms with Crippen molar-refractivity contribution in [1.29, 1.82) is 0 Å². The van der Waals surface area contributed by atoms with Gasteiger partial charge in [0.2, 0.25) is 5.95 Å². The van der Waals surface area contributed by atoms with Gasteiger partial charge in [0.1, 0.15) is 11.5 Å². The van der Waals surface area contributed by atoms with Gasteiger partial charge in [-0.1, -0.05) is 12.1 Å². The fourth-order valence-corrected chi connectivity index (χ4v) is 5.29. The molecule has 6 rings (SSSR count). The number of methoxy groups -OCH3 is 1. The molecule has 188 valence electrons. The first-order valence-electron chi connectivity index (χ1n) is 12.9. The first-order valence-corrected chi connectivity index (χ1v) is 12.9. The van der Waals surface area contributed by atoms with Crippen LogP contribution in [0.1, 0.15) is 36.8 Å². The zero-order chi connectivity index (χ0) is 24.9. The van der Waals surface area contributed by atoms with Gasteiger partial charge in [-0.25, -0.2) is 9.97 Å². The van der Waals surface area contributed by atoms with Gasteiger partial charge in [-0.15, -0.1) is 0 Å². The minimum Gasteiger partial charge on any atom is -0.496 e. The molecule has 0 radical (unpaired) electrons. The number of nitrogens with one attached hydrogen (secondary N) is 1. The number of hydrogen-bond acceptors (Lipinski definition) is 7. The third-order valence-corrected chi connectivity index (χ3v) is 7.27. The van der Waals surface area contributed by atoms with E-state index in [9.17, 15) is 4.79 Å². The Bertz CT molecular complexity index is 1210. The minimum absolute atomic E-state index is 0.203. The first kappa shape index (κ1) is 24.4. The number of anilines is 2. The van der Waals surface area contributed by atoms with Crippen LogP contribution in [0.4, 0.5) is 11.6 Å². The first-order chi connectivity index (χ1) is 17.6. The van der Waals surface area contributed by atoms with Crippen LogP contribution in [0.3, 0.4) is 0 Å². The van der Waals surface area contributed by atoms with Crippen molar-refractivity contribution in [1.82, 2.24) is 19.8 Å². The number of nitrogens with zero attached hydrogens (tertiary/aromatic N) is 4. The highest BCUT2D eigenvalue weighted by molar-refractivity contribution is 5.81. The number of rotatable bonds is 1. The van der Waals surface area contributed by atoms with E-state index in [4.69, 9.17) is 9.72 Å². The molecule has 0 atom stereocenters. The molecular formula is C29H35N5O2. The quantitative estimate of drug-likeness (QED) is 0.526. The number of fused-ring (bicyclic) bond motifs is 7. The van der Waals surface area contributed by atoms with Crippen molar-refractivity contribution < 1.29 is 9.53 Å². The number of ether oxygens (including phenoxy) is 1. The molecule has 1 saturated heterocycles. The lowest BCUT2D eigenvalue weighted by atomic mass is 9.90. The highest BCUT2D eigenvalue weighted by Crippen LogP contribution is 2.28. The molecule has 4 heterocycles. The summed E-state index contributed by atoms with van der Waals surface area (Å²) in [6, 6.07) is 16.5. The summed E-state index contributed by atoms with van der Waals surface area (Å²) in [6.45, 7) is 4.43. The van der Waals surface area contributed by atoms with Crippen LogP contribution in [0, 0.1) is 5.92 Å². The molecule has 1 aromatic heterocycles. The third kappa shape index (κ3) is 5.91. The summed E-state index contributed by atoms with van der Waals surface area (Å²) >= 11 is 0. The Morgan fingerprint density at radius 2 is 1.89 bits per heavy atom. The lowest BCUT2D eigenvalue weighted by Crippen LogP contribution is -2.36. The Morgan fingerprint density at radius 3 is 2.72 bits per heavy atom. The second kappa shape index (κ2) is 11.2. The molecule has 0 spiro atoms. The second-order valence-corrected chi connectivity index (χ2v) is 9.98. The monoisotopic (exact) mass is 485 g/mol. The van der Waals surface area contributed by atoms with Gasteiger partial charge in [-0.3, -0.25) is 9.69 Å². The van der Waals surface area contributed by atoms with Crippen molar-refractivity contribution in [2.24, 2.45) is 5.92 Å². The number of piperidine rings is 1. The van der Waals surface area contributed by atoms with Crippen molar-refractivity contribution in [3.63, 3.8) is 0 Å². The summed E-state index contributed by atoms with van der Waals surface area (Å²) in [5.41, 5.74) is 5.19. The zero-order valence-corrected chi connectivity index (χ0v) is 21.2. The molecule has 8 bridgehead atoms. The van der Waals surface area contributed by atoms with Crippen LogP contribution in [-0.4, -0.2) is 59.3 Å². The topological polar surface area (TPSA) is 70.6 Å². The maximum Gasteiger partial charge on any atom is 0.227 e. The molecular weight excluding hydrogens is 450 g/mol. The van der Waals surface area contributed by atoms with E-state index in [1.54, 1.807) is 13.3 Å². The van der Waals surface area contributed by atoms with E-state index in [-0.39, 0.29) is 5.92 Å². The molecule has 1 N–H and O–H groups in total. The van der Waals surface area contributed by atoms with Gasteiger partial charge in [0, 0.05) is 48.4 Å². The molecule has 7 nitrogen and oxygen atoms in total. The molecule has 0 unspecified atom stereocenters. The average molecular weight is 486 g/mol. The highest BCUT2D eigenvalue weighted by Gasteiger charge is 2.24. The van der Waals surface area contributed by atoms with Crippen LogP contribution in [0.2, 0.25) is 0 Å². The fourth-order valence-electron chi connectivity index (χ4n) is 5.29. The van der Waals surface area contributed by atoms with Crippen molar-refractivity contribution in [3.05, 3.63) is 65.9 Å². The van der Waals surface area contributed by atoms with Crippen LogP contribution in [0.5, 0.6) is 5.75 Å². The summed E-state index contributed by atoms with van der Waals surface area (Å²) in [5.74, 6) is 2.06. The van der Waals surface area contributed by atoms with Crippen LogP contribution >= 0.6 is 0 Å². The largest absolute Gasteiger partial charge is 0.496 e. The van der Waals surface area contributed by atoms with Crippen molar-refractivity contribution in [2.45, 2.75) is 38.8 Å². The molecule has 2 aromatic carbocycles. The van der Waals surface area contributed by atoms with E-state index in [0.29, 0.717) is 18.2 Å². The van der Waals surface area contributed by atoms with Crippen LogP contribution in [-0.2, 0) is 17.9 Å². The lowest BCUT2D eigenvalue weighted by molar-refractivity contribution is -0.124. The van der Waals surface area contributed by atoms with Crippen molar-refractivity contribution in [3.8, 4) is 17.0 Å². The predicted octanol–water partition coefficient (Wildman–Crippen LogP) is 4.90. The van der Waals surface area contributed by atoms with E-state index in [1.165, 1.54) is 5.56 Å². The van der Waals surface area contributed by atoms with Gasteiger partial charge in [0.05, 0.1) is 12.8 Å². The number of carbonyl (C=O) groups excluding carboxylic acids is 1. The highest BCUT2D eigenvalue weighted by atomic mass is 16.5. The van der Waals surface area contributed by atoms with E-state index in [1.807, 2.05) is 24.3 Å². The number of Topliss-reactive ketones (excluding diaryl/α,β-unsaturated/α-hetero) is 1. The standard InChI is InChI=1S/C29H35N5O2/c1-33-14-4-7-27(35)22-11-15-34(16-12-22)19-21-5-3-6-25(17-21)31-29-30-13-10-26(32-29)23-8-9-28(36-2)24(18-23)20-33/h3,5-6,8-10,13,17-18,22H,4,7,11-12,14-16,19-20H2,1-2H3,(H,30,31,32). The summed E-state index contributed by atoms with van der Waals surface area (Å²) in [6.07, 6.45) is 5.24.